The molecule has 2 unspecified atom stereocenters. The van der Waals surface area contributed by atoms with Crippen molar-refractivity contribution in [2.75, 3.05) is 26.7 Å². The fraction of sp³-hybridized carbons (Fsp3) is 0.667. The number of nitrogens with zero attached hydrogens (tertiary/aromatic N) is 1. The molecule has 2 N–H and O–H groups in total. The molecule has 0 amide bonds. The van der Waals surface area contributed by atoms with Crippen LogP contribution in [0.3, 0.4) is 0 Å². The van der Waals surface area contributed by atoms with Crippen LogP contribution < -0.4 is 5.73 Å². The third-order valence-electron chi connectivity index (χ3n) is 4.24. The summed E-state index contributed by atoms with van der Waals surface area (Å²) in [6.07, 6.45) is 6.42. The summed E-state index contributed by atoms with van der Waals surface area (Å²) >= 11 is 0. The molecule has 1 heterocycles. The van der Waals surface area contributed by atoms with Crippen LogP contribution >= 0.6 is 0 Å². The Morgan fingerprint density at radius 3 is 2.67 bits per heavy atom. The smallest absolute Gasteiger partial charge is 0.0701 e. The Balaban J connectivity index is 1.80. The van der Waals surface area contributed by atoms with Crippen LogP contribution in [0.1, 0.15) is 49.8 Å². The van der Waals surface area contributed by atoms with Gasteiger partial charge in [0.1, 0.15) is 0 Å². The lowest BCUT2D eigenvalue weighted by molar-refractivity contribution is -0.00214. The van der Waals surface area contributed by atoms with Gasteiger partial charge >= 0.3 is 0 Å². The summed E-state index contributed by atoms with van der Waals surface area (Å²) in [5.41, 5.74) is 8.97. The first-order chi connectivity index (χ1) is 10.2. The first-order valence-corrected chi connectivity index (χ1v) is 8.33. The molecule has 0 bridgehead atoms. The highest BCUT2D eigenvalue weighted by atomic mass is 16.5. The minimum absolute atomic E-state index is 0.0780. The largest absolute Gasteiger partial charge is 0.377 e. The van der Waals surface area contributed by atoms with E-state index in [0.717, 1.165) is 26.1 Å². The van der Waals surface area contributed by atoms with Crippen molar-refractivity contribution in [1.82, 2.24) is 4.90 Å². The molecule has 2 rings (SSSR count). The fourth-order valence-corrected chi connectivity index (χ4v) is 3.03. The summed E-state index contributed by atoms with van der Waals surface area (Å²) in [6, 6.07) is 8.86. The number of aryl methyl sites for hydroxylation is 1. The highest BCUT2D eigenvalue weighted by Crippen LogP contribution is 2.16. The van der Waals surface area contributed by atoms with E-state index in [-0.39, 0.29) is 6.04 Å². The zero-order valence-electron chi connectivity index (χ0n) is 13.6. The lowest BCUT2D eigenvalue weighted by atomic mass is 10.0. The van der Waals surface area contributed by atoms with E-state index in [1.165, 1.54) is 36.8 Å². The van der Waals surface area contributed by atoms with Gasteiger partial charge in [-0.25, -0.2) is 0 Å². The van der Waals surface area contributed by atoms with Crippen molar-refractivity contribution in [3.63, 3.8) is 0 Å². The predicted octanol–water partition coefficient (Wildman–Crippen LogP) is 3.14. The average Bonchev–Trinajstić information content (AvgIpc) is 2.49. The van der Waals surface area contributed by atoms with Gasteiger partial charge in [0, 0.05) is 25.7 Å². The van der Waals surface area contributed by atoms with Crippen LogP contribution in [0.5, 0.6) is 0 Å². The molecule has 0 spiro atoms. The zero-order chi connectivity index (χ0) is 15.1. The van der Waals surface area contributed by atoms with Gasteiger partial charge < -0.3 is 15.4 Å². The zero-order valence-corrected chi connectivity index (χ0v) is 13.6. The van der Waals surface area contributed by atoms with E-state index in [4.69, 9.17) is 10.5 Å². The van der Waals surface area contributed by atoms with Gasteiger partial charge in [0.15, 0.2) is 0 Å². The molecule has 0 saturated carbocycles. The number of ether oxygens (including phenoxy) is 1. The molecule has 118 valence electrons. The maximum Gasteiger partial charge on any atom is 0.0701 e. The molecule has 0 radical (unpaired) electrons. The van der Waals surface area contributed by atoms with Gasteiger partial charge in [0.2, 0.25) is 0 Å². The van der Waals surface area contributed by atoms with Crippen molar-refractivity contribution in [3.05, 3.63) is 35.4 Å². The first-order valence-electron chi connectivity index (χ1n) is 8.33. The second kappa shape index (κ2) is 8.52. The molecule has 1 aliphatic rings. The number of rotatable bonds is 7. The van der Waals surface area contributed by atoms with Crippen LogP contribution in [0.2, 0.25) is 0 Å². The molecule has 0 aromatic heterocycles. The standard InChI is InChI=1S/C18H30N2O/c1-3-6-15-8-10-16(11-9-15)18(19)14-20(2)13-17-7-4-5-12-21-17/h8-11,17-18H,3-7,12-14,19H2,1-2H3. The number of benzene rings is 1. The van der Waals surface area contributed by atoms with Crippen LogP contribution in [0.4, 0.5) is 0 Å². The van der Waals surface area contributed by atoms with Crippen LogP contribution in [-0.4, -0.2) is 37.7 Å². The Morgan fingerprint density at radius 2 is 2.05 bits per heavy atom. The Kier molecular flexibility index (Phi) is 6.68. The molecule has 3 nitrogen and oxygen atoms in total. The van der Waals surface area contributed by atoms with Crippen molar-refractivity contribution in [2.45, 2.75) is 51.2 Å². The molecule has 1 saturated heterocycles. The molecule has 1 aliphatic heterocycles. The summed E-state index contributed by atoms with van der Waals surface area (Å²) in [5.74, 6) is 0. The van der Waals surface area contributed by atoms with E-state index in [2.05, 4.69) is 43.1 Å². The van der Waals surface area contributed by atoms with E-state index in [1.807, 2.05) is 0 Å². The Morgan fingerprint density at radius 1 is 1.29 bits per heavy atom. The lowest BCUT2D eigenvalue weighted by Gasteiger charge is -2.29. The predicted molar refractivity (Wildman–Crippen MR) is 88.5 cm³/mol. The van der Waals surface area contributed by atoms with E-state index in [0.29, 0.717) is 6.10 Å². The summed E-state index contributed by atoms with van der Waals surface area (Å²) in [7, 11) is 2.14. The Hall–Kier alpha value is -0.900. The van der Waals surface area contributed by atoms with E-state index < -0.39 is 0 Å². The Bertz CT molecular complexity index is 398. The topological polar surface area (TPSA) is 38.5 Å². The van der Waals surface area contributed by atoms with Crippen molar-refractivity contribution in [1.29, 1.82) is 0 Å². The minimum atomic E-state index is 0.0780. The molecule has 0 aliphatic carbocycles. The fourth-order valence-electron chi connectivity index (χ4n) is 3.03. The van der Waals surface area contributed by atoms with Gasteiger partial charge in [-0.1, -0.05) is 37.6 Å². The quantitative estimate of drug-likeness (QED) is 0.838. The van der Waals surface area contributed by atoms with Gasteiger partial charge in [0.05, 0.1) is 6.10 Å². The molecular formula is C18H30N2O. The van der Waals surface area contributed by atoms with Crippen molar-refractivity contribution in [3.8, 4) is 0 Å². The van der Waals surface area contributed by atoms with Gasteiger partial charge in [0.25, 0.3) is 0 Å². The number of likely N-dealkylation sites (N-methyl/N-ethyl adjacent to an activating group) is 1. The molecule has 1 fully saturated rings. The van der Waals surface area contributed by atoms with Crippen LogP contribution in [0.15, 0.2) is 24.3 Å². The van der Waals surface area contributed by atoms with Gasteiger partial charge in [-0.3, -0.25) is 0 Å². The molecule has 3 heteroatoms. The highest BCUT2D eigenvalue weighted by Gasteiger charge is 2.17. The SMILES string of the molecule is CCCc1ccc(C(N)CN(C)CC2CCCCO2)cc1. The summed E-state index contributed by atoms with van der Waals surface area (Å²) < 4.78 is 5.80. The molecule has 1 aromatic carbocycles. The van der Waals surface area contributed by atoms with Crippen molar-refractivity contribution in [2.24, 2.45) is 5.73 Å². The van der Waals surface area contributed by atoms with Crippen molar-refractivity contribution >= 4 is 0 Å². The molecule has 1 aromatic rings. The normalized spacial score (nSPS) is 20.7. The average molecular weight is 290 g/mol. The summed E-state index contributed by atoms with van der Waals surface area (Å²) in [5, 5.41) is 0. The van der Waals surface area contributed by atoms with Gasteiger partial charge in [-0.05, 0) is 43.9 Å². The molecule has 21 heavy (non-hydrogen) atoms. The van der Waals surface area contributed by atoms with Crippen LogP contribution in [0, 0.1) is 0 Å². The minimum Gasteiger partial charge on any atom is -0.377 e. The van der Waals surface area contributed by atoms with Crippen molar-refractivity contribution < 1.29 is 4.74 Å². The van der Waals surface area contributed by atoms with Crippen LogP contribution in [-0.2, 0) is 11.2 Å². The Labute approximate surface area is 129 Å². The number of hydrogen-bond acceptors (Lipinski definition) is 3. The molecule has 2 atom stereocenters. The van der Waals surface area contributed by atoms with Gasteiger partial charge in [-0.15, -0.1) is 0 Å². The maximum absolute atomic E-state index is 6.34. The number of nitrogens with two attached hydrogens (primary N) is 1. The van der Waals surface area contributed by atoms with Crippen LogP contribution in [0.25, 0.3) is 0 Å². The lowest BCUT2D eigenvalue weighted by Crippen LogP contribution is -2.37. The summed E-state index contributed by atoms with van der Waals surface area (Å²) in [6.45, 7) is 5.00. The third-order valence-corrected chi connectivity index (χ3v) is 4.24. The first kappa shape index (κ1) is 16.5. The van der Waals surface area contributed by atoms with E-state index in [1.54, 1.807) is 0 Å². The van der Waals surface area contributed by atoms with E-state index >= 15 is 0 Å². The second-order valence-electron chi connectivity index (χ2n) is 6.31. The highest BCUT2D eigenvalue weighted by molar-refractivity contribution is 5.25. The number of hydrogen-bond donors (Lipinski definition) is 1. The monoisotopic (exact) mass is 290 g/mol. The third kappa shape index (κ3) is 5.42. The maximum atomic E-state index is 6.34. The van der Waals surface area contributed by atoms with Gasteiger partial charge in [-0.2, -0.15) is 0 Å². The molecular weight excluding hydrogens is 260 g/mol. The summed E-state index contributed by atoms with van der Waals surface area (Å²) in [4.78, 5) is 2.31. The van der Waals surface area contributed by atoms with E-state index in [9.17, 15) is 0 Å². The second-order valence-corrected chi connectivity index (χ2v) is 6.31.